The van der Waals surface area contributed by atoms with E-state index in [1.165, 1.54) is 5.57 Å². The molecule has 1 aliphatic carbocycles. The fraction of sp³-hybridized carbons (Fsp3) is 0.333. The Bertz CT molecular complexity index is 307. The van der Waals surface area contributed by atoms with Crippen LogP contribution < -0.4 is 17.2 Å². The van der Waals surface area contributed by atoms with Crippen molar-refractivity contribution in [1.82, 2.24) is 0 Å². The third-order valence-electron chi connectivity index (χ3n) is 1.78. The van der Waals surface area contributed by atoms with Crippen LogP contribution in [0.25, 0.3) is 0 Å². The third kappa shape index (κ3) is 3.75. The van der Waals surface area contributed by atoms with Gasteiger partial charge >= 0.3 is 0 Å². The van der Waals surface area contributed by atoms with Gasteiger partial charge in [0.05, 0.1) is 6.54 Å². The van der Waals surface area contributed by atoms with Crippen molar-refractivity contribution >= 4 is 11.9 Å². The van der Waals surface area contributed by atoms with Gasteiger partial charge in [-0.15, -0.1) is 0 Å². The average Bonchev–Trinajstić information content (AvgIpc) is 2.15. The third-order valence-corrected chi connectivity index (χ3v) is 1.78. The van der Waals surface area contributed by atoms with Crippen LogP contribution in [0.5, 0.6) is 0 Å². The fourth-order valence-electron chi connectivity index (χ4n) is 1.13. The highest BCUT2D eigenvalue weighted by atomic mass is 15.1. The standard InChI is InChI=1S/C9H15N5/c10-8(11)14-9(12)13-6-7-4-2-1-3-5-7/h1-2,5H,3-4,6H2,(H6,10,11,12,13,14). The lowest BCUT2D eigenvalue weighted by atomic mass is 10.1. The summed E-state index contributed by atoms with van der Waals surface area (Å²) in [5.74, 6) is 0.0595. The normalized spacial score (nSPS) is 16.3. The first-order valence-corrected chi connectivity index (χ1v) is 4.41. The number of aliphatic imine (C=N–C) groups is 2. The van der Waals surface area contributed by atoms with Gasteiger partial charge in [0.25, 0.3) is 0 Å². The lowest BCUT2D eigenvalue weighted by Gasteiger charge is -2.04. The lowest BCUT2D eigenvalue weighted by molar-refractivity contribution is 1.01. The molecule has 0 aliphatic heterocycles. The molecule has 5 nitrogen and oxygen atoms in total. The summed E-state index contributed by atoms with van der Waals surface area (Å²) in [5.41, 5.74) is 17.0. The molecule has 5 heteroatoms. The molecular formula is C9H15N5. The zero-order valence-corrected chi connectivity index (χ0v) is 7.98. The average molecular weight is 193 g/mol. The molecule has 0 bridgehead atoms. The Morgan fingerprint density at radius 3 is 2.64 bits per heavy atom. The molecule has 0 aromatic carbocycles. The van der Waals surface area contributed by atoms with Crippen molar-refractivity contribution in [2.75, 3.05) is 6.54 Å². The van der Waals surface area contributed by atoms with E-state index in [9.17, 15) is 0 Å². The van der Waals surface area contributed by atoms with Gasteiger partial charge in [-0.3, -0.25) is 0 Å². The van der Waals surface area contributed by atoms with Gasteiger partial charge in [0, 0.05) is 0 Å². The molecule has 0 radical (unpaired) electrons. The molecule has 6 N–H and O–H groups in total. The van der Waals surface area contributed by atoms with Crippen molar-refractivity contribution in [1.29, 1.82) is 0 Å². The maximum atomic E-state index is 5.45. The molecule has 0 spiro atoms. The highest BCUT2D eigenvalue weighted by molar-refractivity contribution is 5.92. The van der Waals surface area contributed by atoms with E-state index in [-0.39, 0.29) is 11.9 Å². The Labute approximate surface area is 83.1 Å². The highest BCUT2D eigenvalue weighted by Crippen LogP contribution is 2.10. The Kier molecular flexibility index (Phi) is 3.72. The summed E-state index contributed by atoms with van der Waals surface area (Å²) in [7, 11) is 0. The Morgan fingerprint density at radius 2 is 2.07 bits per heavy atom. The van der Waals surface area contributed by atoms with Gasteiger partial charge in [0.15, 0.2) is 5.96 Å². The van der Waals surface area contributed by atoms with Crippen molar-refractivity contribution < 1.29 is 0 Å². The molecule has 14 heavy (non-hydrogen) atoms. The van der Waals surface area contributed by atoms with Gasteiger partial charge in [0.2, 0.25) is 5.96 Å². The Hall–Kier alpha value is -1.78. The van der Waals surface area contributed by atoms with E-state index in [0.29, 0.717) is 6.54 Å². The summed E-state index contributed by atoms with van der Waals surface area (Å²) in [6, 6.07) is 0. The van der Waals surface area contributed by atoms with Crippen LogP contribution in [0.15, 0.2) is 33.8 Å². The molecule has 0 saturated heterocycles. The first-order valence-electron chi connectivity index (χ1n) is 4.41. The monoisotopic (exact) mass is 193 g/mol. The maximum Gasteiger partial charge on any atom is 0.218 e. The minimum Gasteiger partial charge on any atom is -0.370 e. The van der Waals surface area contributed by atoms with Crippen molar-refractivity contribution in [3.05, 3.63) is 23.8 Å². The molecule has 0 fully saturated rings. The first kappa shape index (κ1) is 10.3. The molecule has 0 aromatic heterocycles. The quantitative estimate of drug-likeness (QED) is 0.323. The molecule has 0 amide bonds. The second-order valence-electron chi connectivity index (χ2n) is 2.98. The largest absolute Gasteiger partial charge is 0.370 e. The van der Waals surface area contributed by atoms with Crippen LogP contribution in [-0.4, -0.2) is 18.5 Å². The van der Waals surface area contributed by atoms with Crippen LogP contribution in [0.4, 0.5) is 0 Å². The molecular weight excluding hydrogens is 178 g/mol. The Balaban J connectivity index is 2.46. The number of nitrogens with two attached hydrogens (primary N) is 3. The number of hydrogen-bond acceptors (Lipinski definition) is 1. The van der Waals surface area contributed by atoms with E-state index in [1.807, 2.05) is 0 Å². The van der Waals surface area contributed by atoms with Gasteiger partial charge < -0.3 is 17.2 Å². The molecule has 0 saturated carbocycles. The molecule has 76 valence electrons. The van der Waals surface area contributed by atoms with Gasteiger partial charge in [0.1, 0.15) is 0 Å². The molecule has 1 rings (SSSR count). The van der Waals surface area contributed by atoms with E-state index in [4.69, 9.17) is 17.2 Å². The highest BCUT2D eigenvalue weighted by Gasteiger charge is 1.97. The fourth-order valence-corrected chi connectivity index (χ4v) is 1.13. The minimum absolute atomic E-state index is 0.0660. The number of rotatable bonds is 2. The van der Waals surface area contributed by atoms with E-state index < -0.39 is 0 Å². The van der Waals surface area contributed by atoms with E-state index in [0.717, 1.165) is 12.8 Å². The summed E-state index contributed by atoms with van der Waals surface area (Å²) in [4.78, 5) is 7.65. The number of nitrogens with zero attached hydrogens (tertiary/aromatic N) is 2. The molecule has 0 atom stereocenters. The van der Waals surface area contributed by atoms with Gasteiger partial charge in [-0.25, -0.2) is 4.99 Å². The van der Waals surface area contributed by atoms with E-state index >= 15 is 0 Å². The predicted octanol–water partition coefficient (Wildman–Crippen LogP) is -0.149. The SMILES string of the molecule is NC(N)=NC(N)=NCC1=CCC=CC1. The van der Waals surface area contributed by atoms with Crippen LogP contribution in [0.2, 0.25) is 0 Å². The maximum absolute atomic E-state index is 5.45. The molecule has 0 aromatic rings. The Morgan fingerprint density at radius 1 is 1.29 bits per heavy atom. The van der Waals surface area contributed by atoms with Gasteiger partial charge in [-0.1, -0.05) is 18.2 Å². The summed E-state index contributed by atoms with van der Waals surface area (Å²) >= 11 is 0. The number of guanidine groups is 2. The van der Waals surface area contributed by atoms with Gasteiger partial charge in [-0.2, -0.15) is 4.99 Å². The van der Waals surface area contributed by atoms with E-state index in [1.54, 1.807) is 0 Å². The van der Waals surface area contributed by atoms with E-state index in [2.05, 4.69) is 28.2 Å². The second kappa shape index (κ2) is 5.06. The zero-order chi connectivity index (χ0) is 10.4. The summed E-state index contributed by atoms with van der Waals surface area (Å²) in [5, 5.41) is 0. The molecule has 1 aliphatic rings. The van der Waals surface area contributed by atoms with Crippen LogP contribution in [-0.2, 0) is 0 Å². The van der Waals surface area contributed by atoms with Crippen molar-refractivity contribution in [3.8, 4) is 0 Å². The minimum atomic E-state index is -0.0660. The first-order chi connectivity index (χ1) is 6.68. The van der Waals surface area contributed by atoms with Crippen LogP contribution >= 0.6 is 0 Å². The van der Waals surface area contributed by atoms with Crippen LogP contribution in [0.3, 0.4) is 0 Å². The second-order valence-corrected chi connectivity index (χ2v) is 2.98. The molecule has 0 heterocycles. The van der Waals surface area contributed by atoms with Crippen molar-refractivity contribution in [2.45, 2.75) is 12.8 Å². The van der Waals surface area contributed by atoms with Crippen molar-refractivity contribution in [3.63, 3.8) is 0 Å². The lowest BCUT2D eigenvalue weighted by Crippen LogP contribution is -2.26. The van der Waals surface area contributed by atoms with Crippen molar-refractivity contribution in [2.24, 2.45) is 27.2 Å². The number of hydrogen-bond donors (Lipinski definition) is 3. The predicted molar refractivity (Wildman–Crippen MR) is 58.8 cm³/mol. The topological polar surface area (TPSA) is 103 Å². The van der Waals surface area contributed by atoms with Crippen LogP contribution in [0, 0.1) is 0 Å². The number of allylic oxidation sites excluding steroid dienone is 3. The molecule has 0 unspecified atom stereocenters. The van der Waals surface area contributed by atoms with Gasteiger partial charge in [-0.05, 0) is 18.4 Å². The smallest absolute Gasteiger partial charge is 0.218 e. The summed E-state index contributed by atoms with van der Waals surface area (Å²) in [6.07, 6.45) is 8.26. The summed E-state index contributed by atoms with van der Waals surface area (Å²) in [6.45, 7) is 0.562. The van der Waals surface area contributed by atoms with Crippen LogP contribution in [0.1, 0.15) is 12.8 Å². The summed E-state index contributed by atoms with van der Waals surface area (Å²) < 4.78 is 0. The zero-order valence-electron chi connectivity index (χ0n) is 7.98.